The number of benzene rings is 1. The van der Waals surface area contributed by atoms with Crippen LogP contribution in [0, 0.1) is 0 Å². The lowest BCUT2D eigenvalue weighted by Gasteiger charge is -2.36. The van der Waals surface area contributed by atoms with Gasteiger partial charge in [-0.25, -0.2) is 0 Å². The molecule has 6 nitrogen and oxygen atoms in total. The Balaban J connectivity index is 1.92. The van der Waals surface area contributed by atoms with E-state index in [1.807, 2.05) is 26.8 Å². The summed E-state index contributed by atoms with van der Waals surface area (Å²) in [5.74, 6) is -0.449. The minimum atomic E-state index is -0.509. The maximum Gasteiger partial charge on any atom is 0.271 e. The summed E-state index contributed by atoms with van der Waals surface area (Å²) in [6.45, 7) is 6.26. The molecular weight excluding hydrogens is 330 g/mol. The van der Waals surface area contributed by atoms with Gasteiger partial charge >= 0.3 is 0 Å². The highest BCUT2D eigenvalue weighted by Crippen LogP contribution is 2.21. The smallest absolute Gasteiger partial charge is 0.271 e. The standard InChI is InChI=1S/C20H25N3O3/c1-20(2,3)22-18(25)16-10-6-7-11-23(16)19(26)15-12-13-8-4-5-9-14(13)17(24)21-15/h4-5,8-9,12,16H,6-7,10-11H2,1-3H3,(H,21,24)(H,22,25). The van der Waals surface area contributed by atoms with Gasteiger partial charge in [-0.05, 0) is 57.6 Å². The van der Waals surface area contributed by atoms with Gasteiger partial charge in [0, 0.05) is 17.5 Å². The molecule has 0 bridgehead atoms. The highest BCUT2D eigenvalue weighted by atomic mass is 16.2. The number of nitrogens with one attached hydrogen (secondary N) is 2. The Labute approximate surface area is 152 Å². The molecule has 6 heteroatoms. The van der Waals surface area contributed by atoms with Crippen molar-refractivity contribution in [2.45, 2.75) is 51.6 Å². The maximum atomic E-state index is 13.1. The minimum Gasteiger partial charge on any atom is -0.350 e. The molecule has 1 aromatic heterocycles. The summed E-state index contributed by atoms with van der Waals surface area (Å²) in [4.78, 5) is 42.3. The van der Waals surface area contributed by atoms with Gasteiger partial charge < -0.3 is 15.2 Å². The molecule has 1 fully saturated rings. The van der Waals surface area contributed by atoms with Gasteiger partial charge in [0.15, 0.2) is 0 Å². The van der Waals surface area contributed by atoms with E-state index in [1.165, 1.54) is 0 Å². The third-order valence-corrected chi connectivity index (χ3v) is 4.55. The van der Waals surface area contributed by atoms with Crippen molar-refractivity contribution in [3.05, 3.63) is 46.4 Å². The van der Waals surface area contributed by atoms with Crippen LogP contribution < -0.4 is 10.9 Å². The van der Waals surface area contributed by atoms with E-state index >= 15 is 0 Å². The number of aromatic amines is 1. The van der Waals surface area contributed by atoms with Gasteiger partial charge in [-0.3, -0.25) is 14.4 Å². The molecule has 1 aliphatic rings. The van der Waals surface area contributed by atoms with Gasteiger partial charge in [-0.2, -0.15) is 0 Å². The molecule has 0 aliphatic carbocycles. The van der Waals surface area contributed by atoms with Gasteiger partial charge in [-0.15, -0.1) is 0 Å². The van der Waals surface area contributed by atoms with Gasteiger partial charge in [0.25, 0.3) is 11.5 Å². The molecular formula is C20H25N3O3. The first-order valence-corrected chi connectivity index (χ1v) is 9.01. The van der Waals surface area contributed by atoms with Crippen LogP contribution in [0.3, 0.4) is 0 Å². The van der Waals surface area contributed by atoms with Crippen molar-refractivity contribution >= 4 is 22.6 Å². The van der Waals surface area contributed by atoms with Crippen molar-refractivity contribution in [2.75, 3.05) is 6.54 Å². The Bertz CT molecular complexity index is 895. The van der Waals surface area contributed by atoms with Crippen molar-refractivity contribution in [2.24, 2.45) is 0 Å². The summed E-state index contributed by atoms with van der Waals surface area (Å²) < 4.78 is 0. The Morgan fingerprint density at radius 1 is 1.19 bits per heavy atom. The van der Waals surface area contributed by atoms with Gasteiger partial charge in [-0.1, -0.05) is 18.2 Å². The van der Waals surface area contributed by atoms with E-state index in [2.05, 4.69) is 10.3 Å². The molecule has 2 heterocycles. The van der Waals surface area contributed by atoms with Crippen molar-refractivity contribution < 1.29 is 9.59 Å². The topological polar surface area (TPSA) is 82.3 Å². The number of hydrogen-bond donors (Lipinski definition) is 2. The zero-order chi connectivity index (χ0) is 18.9. The Kier molecular flexibility index (Phi) is 4.85. The summed E-state index contributed by atoms with van der Waals surface area (Å²) in [6, 6.07) is 8.33. The second-order valence-corrected chi connectivity index (χ2v) is 7.85. The molecule has 2 aromatic rings. The second kappa shape index (κ2) is 6.94. The monoisotopic (exact) mass is 355 g/mol. The van der Waals surface area contributed by atoms with Crippen LogP contribution in [-0.2, 0) is 4.79 Å². The summed E-state index contributed by atoms with van der Waals surface area (Å²) in [5, 5.41) is 4.22. The van der Waals surface area contributed by atoms with Crippen LogP contribution in [0.1, 0.15) is 50.5 Å². The number of carbonyl (C=O) groups excluding carboxylic acids is 2. The van der Waals surface area contributed by atoms with Gasteiger partial charge in [0.1, 0.15) is 11.7 Å². The Morgan fingerprint density at radius 2 is 1.92 bits per heavy atom. The summed E-state index contributed by atoms with van der Waals surface area (Å²) in [7, 11) is 0. The van der Waals surface area contributed by atoms with Crippen molar-refractivity contribution in [1.82, 2.24) is 15.2 Å². The number of rotatable bonds is 2. The number of amides is 2. The molecule has 1 aromatic carbocycles. The number of piperidine rings is 1. The van der Waals surface area contributed by atoms with E-state index in [0.29, 0.717) is 23.7 Å². The van der Waals surface area contributed by atoms with Crippen LogP contribution in [0.5, 0.6) is 0 Å². The lowest BCUT2D eigenvalue weighted by Crippen LogP contribution is -2.55. The molecule has 1 unspecified atom stereocenters. The summed E-state index contributed by atoms with van der Waals surface area (Å²) in [5.41, 5.74) is -0.427. The second-order valence-electron chi connectivity index (χ2n) is 7.85. The third kappa shape index (κ3) is 3.79. The molecule has 3 rings (SSSR count). The number of pyridine rings is 1. The average molecular weight is 355 g/mol. The van der Waals surface area contributed by atoms with Crippen LogP contribution in [0.15, 0.2) is 35.1 Å². The predicted octanol–water partition coefficient (Wildman–Crippen LogP) is 2.44. The van der Waals surface area contributed by atoms with Crippen LogP contribution in [0.2, 0.25) is 0 Å². The molecule has 138 valence electrons. The molecule has 1 aliphatic heterocycles. The fourth-order valence-corrected chi connectivity index (χ4v) is 3.38. The molecule has 0 radical (unpaired) electrons. The average Bonchev–Trinajstić information content (AvgIpc) is 2.59. The van der Waals surface area contributed by atoms with Crippen LogP contribution in [0.4, 0.5) is 0 Å². The van der Waals surface area contributed by atoms with E-state index < -0.39 is 6.04 Å². The van der Waals surface area contributed by atoms with E-state index in [0.717, 1.165) is 12.8 Å². The van der Waals surface area contributed by atoms with Crippen molar-refractivity contribution in [3.8, 4) is 0 Å². The number of H-pyrrole nitrogens is 1. The van der Waals surface area contributed by atoms with E-state index in [-0.39, 0.29) is 28.6 Å². The number of fused-ring (bicyclic) bond motifs is 1. The fourth-order valence-electron chi connectivity index (χ4n) is 3.38. The normalized spacial score (nSPS) is 18.0. The molecule has 2 N–H and O–H groups in total. The third-order valence-electron chi connectivity index (χ3n) is 4.55. The van der Waals surface area contributed by atoms with E-state index in [4.69, 9.17) is 0 Å². The van der Waals surface area contributed by atoms with Crippen LogP contribution >= 0.6 is 0 Å². The van der Waals surface area contributed by atoms with Crippen LogP contribution in [0.25, 0.3) is 10.8 Å². The number of aromatic nitrogens is 1. The quantitative estimate of drug-likeness (QED) is 0.868. The summed E-state index contributed by atoms with van der Waals surface area (Å²) >= 11 is 0. The van der Waals surface area contributed by atoms with Gasteiger partial charge in [0.2, 0.25) is 5.91 Å². The van der Waals surface area contributed by atoms with Crippen molar-refractivity contribution in [3.63, 3.8) is 0 Å². The van der Waals surface area contributed by atoms with E-state index in [9.17, 15) is 14.4 Å². The first-order chi connectivity index (χ1) is 12.3. The molecule has 0 saturated carbocycles. The fraction of sp³-hybridized carbons (Fsp3) is 0.450. The molecule has 1 atom stereocenters. The highest BCUT2D eigenvalue weighted by Gasteiger charge is 2.34. The Morgan fingerprint density at radius 3 is 2.65 bits per heavy atom. The zero-order valence-corrected chi connectivity index (χ0v) is 15.5. The SMILES string of the molecule is CC(C)(C)NC(=O)C1CCCCN1C(=O)c1cc2ccccc2c(=O)[nH]1. The Hall–Kier alpha value is -2.63. The van der Waals surface area contributed by atoms with E-state index in [1.54, 1.807) is 29.2 Å². The van der Waals surface area contributed by atoms with Crippen LogP contribution in [-0.4, -0.2) is 39.8 Å². The number of nitrogens with zero attached hydrogens (tertiary/aromatic N) is 1. The van der Waals surface area contributed by atoms with Gasteiger partial charge in [0.05, 0.1) is 0 Å². The molecule has 26 heavy (non-hydrogen) atoms. The first-order valence-electron chi connectivity index (χ1n) is 9.01. The zero-order valence-electron chi connectivity index (χ0n) is 15.5. The number of likely N-dealkylation sites (tertiary alicyclic amines) is 1. The maximum absolute atomic E-state index is 13.1. The largest absolute Gasteiger partial charge is 0.350 e. The predicted molar refractivity (Wildman–Crippen MR) is 101 cm³/mol. The van der Waals surface area contributed by atoms with Crippen molar-refractivity contribution in [1.29, 1.82) is 0 Å². The highest BCUT2D eigenvalue weighted by molar-refractivity contribution is 5.99. The number of hydrogen-bond acceptors (Lipinski definition) is 3. The molecule has 1 saturated heterocycles. The summed E-state index contributed by atoms with van der Waals surface area (Å²) in [6.07, 6.45) is 2.38. The lowest BCUT2D eigenvalue weighted by atomic mass is 9.99. The lowest BCUT2D eigenvalue weighted by molar-refractivity contribution is -0.128. The molecule has 2 amide bonds. The molecule has 0 spiro atoms. The first kappa shape index (κ1) is 18.2. The minimum absolute atomic E-state index is 0.145. The number of carbonyl (C=O) groups is 2.